The van der Waals surface area contributed by atoms with Gasteiger partial charge in [0, 0.05) is 24.5 Å². The van der Waals surface area contributed by atoms with E-state index in [2.05, 4.69) is 27.8 Å². The number of rotatable bonds is 7. The van der Waals surface area contributed by atoms with Crippen LogP contribution in [0, 0.1) is 5.92 Å². The predicted octanol–water partition coefficient (Wildman–Crippen LogP) is 5.73. The Bertz CT molecular complexity index is 981. The lowest BCUT2D eigenvalue weighted by molar-refractivity contribution is 0.102. The number of carbonyl (C=O) groups excluding carboxylic acids is 1. The molecule has 5 heteroatoms. The summed E-state index contributed by atoms with van der Waals surface area (Å²) in [4.78, 5) is 16.8. The lowest BCUT2D eigenvalue weighted by Gasteiger charge is -2.29. The van der Waals surface area contributed by atoms with Crippen molar-refractivity contribution >= 4 is 17.3 Å². The third-order valence-corrected chi connectivity index (χ3v) is 6.13. The molecular weight excluding hydrogens is 386 g/mol. The maximum atomic E-state index is 12.7. The number of methoxy groups -OCH3 is 1. The Morgan fingerprint density at radius 3 is 2.29 bits per heavy atom. The molecule has 1 heterocycles. The number of benzene rings is 2. The highest BCUT2D eigenvalue weighted by Gasteiger charge is 2.22. The number of ether oxygens (including phenoxy) is 1. The first-order valence-corrected chi connectivity index (χ1v) is 10.9. The van der Waals surface area contributed by atoms with Crippen LogP contribution in [0.3, 0.4) is 0 Å². The largest absolute Gasteiger partial charge is 0.497 e. The standard InChI is InChI=1S/C26H29N3O2/c1-31-23-12-10-22(11-13-23)26(30)29-25-5-3-2-4-24(25)28-18-19-6-8-20(9-7-19)21-14-16-27-17-15-21/h2-5,10-17,19-20,28H,6-9,18H2,1H3,(H,29,30). The molecule has 0 atom stereocenters. The van der Waals surface area contributed by atoms with Crippen molar-refractivity contribution in [2.45, 2.75) is 31.6 Å². The molecule has 0 saturated heterocycles. The van der Waals surface area contributed by atoms with Gasteiger partial charge in [0.2, 0.25) is 0 Å². The van der Waals surface area contributed by atoms with Crippen LogP contribution >= 0.6 is 0 Å². The quantitative estimate of drug-likeness (QED) is 0.517. The van der Waals surface area contributed by atoms with Crippen LogP contribution < -0.4 is 15.4 Å². The first kappa shape index (κ1) is 20.9. The predicted molar refractivity (Wildman–Crippen MR) is 125 cm³/mol. The van der Waals surface area contributed by atoms with Crippen LogP contribution in [0.5, 0.6) is 5.75 Å². The molecule has 0 radical (unpaired) electrons. The van der Waals surface area contributed by atoms with Crippen molar-refractivity contribution in [2.24, 2.45) is 5.92 Å². The number of hydrogen-bond acceptors (Lipinski definition) is 4. The summed E-state index contributed by atoms with van der Waals surface area (Å²) < 4.78 is 5.16. The Hall–Kier alpha value is -3.34. The second kappa shape index (κ2) is 10.1. The number of nitrogens with one attached hydrogen (secondary N) is 2. The smallest absolute Gasteiger partial charge is 0.255 e. The van der Waals surface area contributed by atoms with Gasteiger partial charge in [-0.25, -0.2) is 0 Å². The fourth-order valence-electron chi connectivity index (χ4n) is 4.27. The third kappa shape index (κ3) is 5.43. The average molecular weight is 416 g/mol. The van der Waals surface area contributed by atoms with E-state index in [0.717, 1.165) is 23.7 Å². The summed E-state index contributed by atoms with van der Waals surface area (Å²) in [7, 11) is 1.61. The van der Waals surface area contributed by atoms with Crippen LogP contribution in [0.2, 0.25) is 0 Å². The molecule has 1 aromatic heterocycles. The highest BCUT2D eigenvalue weighted by atomic mass is 16.5. The molecule has 1 amide bonds. The van der Waals surface area contributed by atoms with Crippen molar-refractivity contribution in [1.29, 1.82) is 0 Å². The molecule has 0 bridgehead atoms. The summed E-state index contributed by atoms with van der Waals surface area (Å²) in [5.74, 6) is 1.89. The number of amides is 1. The van der Waals surface area contributed by atoms with Crippen LogP contribution in [0.25, 0.3) is 0 Å². The zero-order valence-electron chi connectivity index (χ0n) is 17.9. The summed E-state index contributed by atoms with van der Waals surface area (Å²) >= 11 is 0. The molecule has 4 rings (SSSR count). The van der Waals surface area contributed by atoms with Crippen LogP contribution in [0.1, 0.15) is 47.5 Å². The molecule has 0 spiro atoms. The van der Waals surface area contributed by atoms with Crippen molar-refractivity contribution in [1.82, 2.24) is 4.98 Å². The van der Waals surface area contributed by atoms with Crippen molar-refractivity contribution in [3.05, 3.63) is 84.2 Å². The van der Waals surface area contributed by atoms with E-state index in [9.17, 15) is 4.79 Å². The number of anilines is 2. The first-order valence-electron chi connectivity index (χ1n) is 10.9. The molecule has 3 aromatic rings. The van der Waals surface area contributed by atoms with Crippen LogP contribution in [-0.2, 0) is 0 Å². The highest BCUT2D eigenvalue weighted by molar-refractivity contribution is 6.05. The Morgan fingerprint density at radius 1 is 0.935 bits per heavy atom. The molecule has 2 N–H and O–H groups in total. The second-order valence-electron chi connectivity index (χ2n) is 8.11. The number of hydrogen-bond donors (Lipinski definition) is 2. The first-order chi connectivity index (χ1) is 15.2. The van der Waals surface area contributed by atoms with Crippen LogP contribution in [-0.4, -0.2) is 24.5 Å². The Kier molecular flexibility index (Phi) is 6.82. The number of aromatic nitrogens is 1. The topological polar surface area (TPSA) is 63.2 Å². The normalized spacial score (nSPS) is 18.2. The molecule has 0 unspecified atom stereocenters. The maximum Gasteiger partial charge on any atom is 0.255 e. The van der Waals surface area contributed by atoms with Gasteiger partial charge in [0.1, 0.15) is 5.75 Å². The van der Waals surface area contributed by atoms with Gasteiger partial charge in [-0.15, -0.1) is 0 Å². The van der Waals surface area contributed by atoms with Gasteiger partial charge < -0.3 is 15.4 Å². The minimum atomic E-state index is -0.130. The van der Waals surface area contributed by atoms with Crippen molar-refractivity contribution in [3.8, 4) is 5.75 Å². The van der Waals surface area contributed by atoms with E-state index in [1.54, 1.807) is 31.4 Å². The van der Waals surface area contributed by atoms with E-state index in [1.165, 1.54) is 31.2 Å². The number of pyridine rings is 1. The van der Waals surface area contributed by atoms with Crippen LogP contribution in [0.15, 0.2) is 73.1 Å². The minimum absolute atomic E-state index is 0.130. The van der Waals surface area contributed by atoms with Gasteiger partial charge >= 0.3 is 0 Å². The fourth-order valence-corrected chi connectivity index (χ4v) is 4.27. The van der Waals surface area contributed by atoms with Gasteiger partial charge in [-0.1, -0.05) is 12.1 Å². The van der Waals surface area contributed by atoms with Gasteiger partial charge in [-0.2, -0.15) is 0 Å². The molecule has 160 valence electrons. The molecule has 1 saturated carbocycles. The van der Waals surface area contributed by atoms with Crippen molar-refractivity contribution in [2.75, 3.05) is 24.3 Å². The van der Waals surface area contributed by atoms with E-state index >= 15 is 0 Å². The van der Waals surface area contributed by atoms with Gasteiger partial charge in [-0.3, -0.25) is 9.78 Å². The number of para-hydroxylation sites is 2. The lowest BCUT2D eigenvalue weighted by Crippen LogP contribution is -2.21. The summed E-state index contributed by atoms with van der Waals surface area (Å²) in [5, 5.41) is 6.60. The van der Waals surface area contributed by atoms with Crippen LogP contribution in [0.4, 0.5) is 11.4 Å². The Labute approximate surface area is 183 Å². The molecule has 1 fully saturated rings. The third-order valence-electron chi connectivity index (χ3n) is 6.13. The SMILES string of the molecule is COc1ccc(C(=O)Nc2ccccc2NCC2CCC(c3ccncc3)CC2)cc1. The molecule has 5 nitrogen and oxygen atoms in total. The molecular formula is C26H29N3O2. The molecule has 1 aliphatic carbocycles. The summed E-state index contributed by atoms with van der Waals surface area (Å²) in [6.07, 6.45) is 8.62. The van der Waals surface area contributed by atoms with Gasteiger partial charge in [-0.05, 0) is 91.6 Å². The number of nitrogens with zero attached hydrogens (tertiary/aromatic N) is 1. The van der Waals surface area contributed by atoms with E-state index in [1.807, 2.05) is 36.7 Å². The van der Waals surface area contributed by atoms with Gasteiger partial charge in [0.05, 0.1) is 18.5 Å². The summed E-state index contributed by atoms with van der Waals surface area (Å²) in [6, 6.07) is 19.3. The van der Waals surface area contributed by atoms with Crippen molar-refractivity contribution < 1.29 is 9.53 Å². The molecule has 2 aromatic carbocycles. The Morgan fingerprint density at radius 2 is 1.61 bits per heavy atom. The van der Waals surface area contributed by atoms with Gasteiger partial charge in [0.15, 0.2) is 0 Å². The maximum absolute atomic E-state index is 12.7. The van der Waals surface area contributed by atoms with E-state index in [-0.39, 0.29) is 5.91 Å². The molecule has 31 heavy (non-hydrogen) atoms. The zero-order valence-corrected chi connectivity index (χ0v) is 17.9. The monoisotopic (exact) mass is 415 g/mol. The number of carbonyl (C=O) groups is 1. The highest BCUT2D eigenvalue weighted by Crippen LogP contribution is 2.36. The molecule has 1 aliphatic rings. The van der Waals surface area contributed by atoms with E-state index in [0.29, 0.717) is 17.4 Å². The molecule has 0 aliphatic heterocycles. The summed E-state index contributed by atoms with van der Waals surface area (Å²) in [5.41, 5.74) is 3.77. The second-order valence-corrected chi connectivity index (χ2v) is 8.11. The fraction of sp³-hybridized carbons (Fsp3) is 0.308. The zero-order chi connectivity index (χ0) is 21.5. The summed E-state index contributed by atoms with van der Waals surface area (Å²) in [6.45, 7) is 0.915. The van der Waals surface area contributed by atoms with Gasteiger partial charge in [0.25, 0.3) is 5.91 Å². The lowest BCUT2D eigenvalue weighted by atomic mass is 9.79. The van der Waals surface area contributed by atoms with E-state index < -0.39 is 0 Å². The minimum Gasteiger partial charge on any atom is -0.497 e. The Balaban J connectivity index is 1.32. The van der Waals surface area contributed by atoms with E-state index in [4.69, 9.17) is 4.74 Å². The average Bonchev–Trinajstić information content (AvgIpc) is 2.84. The van der Waals surface area contributed by atoms with Crippen molar-refractivity contribution in [3.63, 3.8) is 0 Å².